The highest BCUT2D eigenvalue weighted by Gasteiger charge is 2.19. The Morgan fingerprint density at radius 2 is 1.26 bits per heavy atom. The van der Waals surface area contributed by atoms with Crippen molar-refractivity contribution in [2.24, 2.45) is 0 Å². The van der Waals surface area contributed by atoms with E-state index in [4.69, 9.17) is 51.4 Å². The highest BCUT2D eigenvalue weighted by molar-refractivity contribution is 6.37. The zero-order valence-electron chi connectivity index (χ0n) is 13.8. The Bertz CT molecular complexity index is 1050. The van der Waals surface area contributed by atoms with Crippen LogP contribution in [0.2, 0.25) is 20.1 Å². The molecular weight excluding hydrogens is 422 g/mol. The van der Waals surface area contributed by atoms with Crippen molar-refractivity contribution in [3.05, 3.63) is 86.8 Å². The van der Waals surface area contributed by atoms with Crippen LogP contribution in [-0.2, 0) is 0 Å². The van der Waals surface area contributed by atoms with E-state index in [0.29, 0.717) is 25.8 Å². The minimum atomic E-state index is 0.514. The number of halogens is 4. The highest BCUT2D eigenvalue weighted by atomic mass is 35.5. The van der Waals surface area contributed by atoms with Gasteiger partial charge in [0.2, 0.25) is 0 Å². The third-order valence-electron chi connectivity index (χ3n) is 4.14. The van der Waals surface area contributed by atoms with Gasteiger partial charge in [-0.15, -0.1) is 0 Å². The second kappa shape index (κ2) is 7.57. The van der Waals surface area contributed by atoms with Crippen LogP contribution in [0.15, 0.2) is 66.7 Å². The first kappa shape index (κ1) is 18.4. The van der Waals surface area contributed by atoms with Gasteiger partial charge < -0.3 is 4.98 Å². The van der Waals surface area contributed by atoms with Crippen molar-refractivity contribution in [3.8, 4) is 33.9 Å². The van der Waals surface area contributed by atoms with Gasteiger partial charge in [-0.05, 0) is 36.4 Å². The van der Waals surface area contributed by atoms with Crippen molar-refractivity contribution in [1.82, 2.24) is 9.97 Å². The summed E-state index contributed by atoms with van der Waals surface area (Å²) in [5.41, 5.74) is 3.97. The molecule has 0 spiro atoms. The molecule has 134 valence electrons. The molecule has 0 fully saturated rings. The molecule has 4 aromatic rings. The minimum Gasteiger partial charge on any atom is -0.337 e. The Kier molecular flexibility index (Phi) is 5.16. The van der Waals surface area contributed by atoms with Gasteiger partial charge in [-0.1, -0.05) is 76.7 Å². The smallest absolute Gasteiger partial charge is 0.138 e. The number of imidazole rings is 1. The molecule has 0 atom stereocenters. The van der Waals surface area contributed by atoms with Crippen LogP contribution in [0.25, 0.3) is 33.9 Å². The molecule has 6 heteroatoms. The van der Waals surface area contributed by atoms with Crippen LogP contribution in [0.3, 0.4) is 0 Å². The van der Waals surface area contributed by atoms with E-state index in [2.05, 4.69) is 4.98 Å². The lowest BCUT2D eigenvalue weighted by molar-refractivity contribution is 1.31. The fourth-order valence-corrected chi connectivity index (χ4v) is 3.87. The summed E-state index contributed by atoms with van der Waals surface area (Å²) in [6.07, 6.45) is 0. The maximum absolute atomic E-state index is 6.46. The van der Waals surface area contributed by atoms with Crippen LogP contribution in [-0.4, -0.2) is 9.97 Å². The fourth-order valence-electron chi connectivity index (χ4n) is 2.87. The topological polar surface area (TPSA) is 28.7 Å². The Balaban J connectivity index is 1.97. The lowest BCUT2D eigenvalue weighted by Crippen LogP contribution is -1.86. The van der Waals surface area contributed by atoms with Crippen molar-refractivity contribution < 1.29 is 0 Å². The number of nitrogens with zero attached hydrogens (tertiary/aromatic N) is 1. The molecule has 1 N–H and O–H groups in total. The predicted molar refractivity (Wildman–Crippen MR) is 115 cm³/mol. The molecule has 0 aliphatic carbocycles. The average Bonchev–Trinajstić information content (AvgIpc) is 3.07. The minimum absolute atomic E-state index is 0.514. The number of nitrogens with one attached hydrogen (secondary N) is 1. The summed E-state index contributed by atoms with van der Waals surface area (Å²) in [5.74, 6) is 0.720. The van der Waals surface area contributed by atoms with Gasteiger partial charge in [0.15, 0.2) is 0 Å². The standard InChI is InChI=1S/C21H12Cl4N2/c22-13-6-8-15(17(24)10-13)19-20(16-9-7-14(23)11-18(16)25)27-21(26-19)12-4-2-1-3-5-12/h1-11H,(H,26,27). The van der Waals surface area contributed by atoms with E-state index in [1.54, 1.807) is 24.3 Å². The average molecular weight is 434 g/mol. The van der Waals surface area contributed by atoms with Crippen LogP contribution >= 0.6 is 46.4 Å². The normalized spacial score (nSPS) is 11.0. The molecule has 4 rings (SSSR count). The number of rotatable bonds is 3. The number of H-pyrrole nitrogens is 1. The Morgan fingerprint density at radius 1 is 0.667 bits per heavy atom. The molecule has 0 amide bonds. The second-order valence-electron chi connectivity index (χ2n) is 5.92. The van der Waals surface area contributed by atoms with Gasteiger partial charge in [0.05, 0.1) is 21.4 Å². The molecule has 1 heterocycles. The molecular formula is C21H12Cl4N2. The monoisotopic (exact) mass is 432 g/mol. The van der Waals surface area contributed by atoms with E-state index in [-0.39, 0.29) is 0 Å². The van der Waals surface area contributed by atoms with Crippen LogP contribution in [0, 0.1) is 0 Å². The van der Waals surface area contributed by atoms with Gasteiger partial charge in [0.1, 0.15) is 5.82 Å². The number of aromatic nitrogens is 2. The Labute approximate surface area is 176 Å². The molecule has 2 nitrogen and oxygen atoms in total. The first-order valence-electron chi connectivity index (χ1n) is 8.09. The Hall–Kier alpha value is -1.97. The molecule has 0 saturated heterocycles. The summed E-state index contributed by atoms with van der Waals surface area (Å²) in [6, 6.07) is 20.5. The summed E-state index contributed by atoms with van der Waals surface area (Å²) < 4.78 is 0. The SMILES string of the molecule is Clc1ccc(-c2nc(-c3ccccc3)[nH]c2-c2ccc(Cl)cc2Cl)c(Cl)c1. The lowest BCUT2D eigenvalue weighted by Gasteiger charge is -2.07. The molecule has 0 saturated carbocycles. The third-order valence-corrected chi connectivity index (χ3v) is 5.23. The maximum Gasteiger partial charge on any atom is 0.138 e. The van der Waals surface area contributed by atoms with Crippen LogP contribution < -0.4 is 0 Å². The molecule has 0 radical (unpaired) electrons. The van der Waals surface area contributed by atoms with E-state index in [1.807, 2.05) is 42.5 Å². The summed E-state index contributed by atoms with van der Waals surface area (Å²) in [6.45, 7) is 0. The molecule has 3 aromatic carbocycles. The van der Waals surface area contributed by atoms with E-state index < -0.39 is 0 Å². The number of hydrogen-bond donors (Lipinski definition) is 1. The van der Waals surface area contributed by atoms with Gasteiger partial charge in [-0.25, -0.2) is 4.98 Å². The zero-order chi connectivity index (χ0) is 19.0. The number of aromatic amines is 1. The van der Waals surface area contributed by atoms with Crippen molar-refractivity contribution in [2.45, 2.75) is 0 Å². The van der Waals surface area contributed by atoms with E-state index in [1.165, 1.54) is 0 Å². The molecule has 27 heavy (non-hydrogen) atoms. The molecule has 1 aromatic heterocycles. The van der Waals surface area contributed by atoms with Gasteiger partial charge >= 0.3 is 0 Å². The van der Waals surface area contributed by atoms with Crippen LogP contribution in [0.5, 0.6) is 0 Å². The second-order valence-corrected chi connectivity index (χ2v) is 7.61. The van der Waals surface area contributed by atoms with Crippen molar-refractivity contribution in [1.29, 1.82) is 0 Å². The van der Waals surface area contributed by atoms with Crippen molar-refractivity contribution in [2.75, 3.05) is 0 Å². The Morgan fingerprint density at radius 3 is 1.85 bits per heavy atom. The zero-order valence-corrected chi connectivity index (χ0v) is 16.8. The third kappa shape index (κ3) is 3.71. The first-order chi connectivity index (χ1) is 13.0. The summed E-state index contributed by atoms with van der Waals surface area (Å²) in [7, 11) is 0. The van der Waals surface area contributed by atoms with Crippen molar-refractivity contribution in [3.63, 3.8) is 0 Å². The maximum atomic E-state index is 6.46. The van der Waals surface area contributed by atoms with Gasteiger partial charge in [-0.2, -0.15) is 0 Å². The van der Waals surface area contributed by atoms with E-state index in [9.17, 15) is 0 Å². The number of benzene rings is 3. The quantitative estimate of drug-likeness (QED) is 0.348. The van der Waals surface area contributed by atoms with Gasteiger partial charge in [0, 0.05) is 26.7 Å². The first-order valence-corrected chi connectivity index (χ1v) is 9.60. The lowest BCUT2D eigenvalue weighted by atomic mass is 10.0. The summed E-state index contributed by atoms with van der Waals surface area (Å²) >= 11 is 25.0. The highest BCUT2D eigenvalue weighted by Crippen LogP contribution is 2.40. The van der Waals surface area contributed by atoms with Gasteiger partial charge in [-0.3, -0.25) is 0 Å². The van der Waals surface area contributed by atoms with Crippen LogP contribution in [0.1, 0.15) is 0 Å². The predicted octanol–water partition coefficient (Wildman–Crippen LogP) is 8.02. The molecule has 0 aliphatic rings. The summed E-state index contributed by atoms with van der Waals surface area (Å²) in [4.78, 5) is 8.19. The van der Waals surface area contributed by atoms with Crippen molar-refractivity contribution >= 4 is 46.4 Å². The fraction of sp³-hybridized carbons (Fsp3) is 0. The largest absolute Gasteiger partial charge is 0.337 e. The summed E-state index contributed by atoms with van der Waals surface area (Å²) in [5, 5.41) is 2.17. The molecule has 0 aliphatic heterocycles. The van der Waals surface area contributed by atoms with Gasteiger partial charge in [0.25, 0.3) is 0 Å². The number of hydrogen-bond acceptors (Lipinski definition) is 1. The molecule has 0 bridgehead atoms. The molecule has 0 unspecified atom stereocenters. The van der Waals surface area contributed by atoms with E-state index in [0.717, 1.165) is 28.2 Å². The van der Waals surface area contributed by atoms with E-state index >= 15 is 0 Å². The van der Waals surface area contributed by atoms with Crippen LogP contribution in [0.4, 0.5) is 0 Å².